The largest absolute Gasteiger partial charge is 0.481 e. The Hall–Kier alpha value is -3.58. The molecular formula is C52H87N3O16P2. The Balaban J connectivity index is 1.82. The Kier molecular flexibility index (Phi) is 35.7. The molecule has 0 radical (unpaired) electrons. The summed E-state index contributed by atoms with van der Waals surface area (Å²) in [7, 11) is -10.9. The molecule has 0 aromatic carbocycles. The average molecular weight is 1070 g/mol. The summed E-state index contributed by atoms with van der Waals surface area (Å²) < 4.78 is 56.8. The maximum atomic E-state index is 12.9. The van der Waals surface area contributed by atoms with Gasteiger partial charge in [0, 0.05) is 19.0 Å². The van der Waals surface area contributed by atoms with Crippen LogP contribution in [-0.4, -0.2) is 96.9 Å². The average Bonchev–Trinajstić information content (AvgIpc) is 3.63. The van der Waals surface area contributed by atoms with Crippen molar-refractivity contribution in [1.29, 1.82) is 0 Å². The van der Waals surface area contributed by atoms with Crippen LogP contribution in [0, 0.1) is 0 Å². The maximum Gasteiger partial charge on any atom is 0.481 e. The first kappa shape index (κ1) is 65.5. The summed E-state index contributed by atoms with van der Waals surface area (Å²) in [5, 5.41) is 30.5. The number of hydrogen-bond acceptors (Lipinski definition) is 16. The van der Waals surface area contributed by atoms with Crippen LogP contribution in [0.5, 0.6) is 0 Å². The van der Waals surface area contributed by atoms with Crippen molar-refractivity contribution in [2.24, 2.45) is 0 Å². The zero-order valence-corrected chi connectivity index (χ0v) is 45.1. The van der Waals surface area contributed by atoms with E-state index in [4.69, 9.17) is 29.0 Å². The number of aliphatic hydroxyl groups excluding tert-OH is 3. The van der Waals surface area contributed by atoms with Gasteiger partial charge in [-0.15, -0.1) is 0 Å². The van der Waals surface area contributed by atoms with Crippen molar-refractivity contribution in [3.63, 3.8) is 0 Å². The summed E-state index contributed by atoms with van der Waals surface area (Å²) >= 11 is 0. The van der Waals surface area contributed by atoms with Gasteiger partial charge in [-0.1, -0.05) is 139 Å². The van der Waals surface area contributed by atoms with Gasteiger partial charge in [0.2, 0.25) is 0 Å². The molecule has 1 fully saturated rings. The summed E-state index contributed by atoms with van der Waals surface area (Å²) in [5.41, 5.74) is 4.58. The minimum Gasteiger partial charge on any atom is -0.462 e. The number of phosphoric acid groups is 2. The molecule has 0 spiro atoms. The van der Waals surface area contributed by atoms with Gasteiger partial charge >= 0.3 is 33.3 Å². The van der Waals surface area contributed by atoms with Crippen LogP contribution in [-0.2, 0) is 46.3 Å². The fourth-order valence-electron chi connectivity index (χ4n) is 7.46. The number of rotatable bonds is 43. The minimum absolute atomic E-state index is 0.0248. The molecule has 19 nitrogen and oxygen atoms in total. The topological polar surface area (TPSA) is 286 Å². The molecule has 0 saturated carbocycles. The second-order valence-corrected chi connectivity index (χ2v) is 21.2. The van der Waals surface area contributed by atoms with Crippen molar-refractivity contribution in [2.75, 3.05) is 25.6 Å². The quantitative estimate of drug-likeness (QED) is 0.0153. The molecule has 8 atom stereocenters. The lowest BCUT2D eigenvalue weighted by molar-refractivity contribution is -0.161. The van der Waals surface area contributed by atoms with Gasteiger partial charge in [0.05, 0.1) is 19.3 Å². The van der Waals surface area contributed by atoms with E-state index in [0.29, 0.717) is 19.3 Å². The number of carbonyl (C=O) groups is 2. The molecule has 7 N–H and O–H groups in total. The van der Waals surface area contributed by atoms with E-state index in [1.807, 2.05) is 25.2 Å². The van der Waals surface area contributed by atoms with Gasteiger partial charge in [0.1, 0.15) is 30.7 Å². The number of nitrogens with two attached hydrogens (primary N) is 1. The minimum atomic E-state index is -5.44. The Morgan fingerprint density at radius 1 is 0.712 bits per heavy atom. The van der Waals surface area contributed by atoms with Gasteiger partial charge in [-0.3, -0.25) is 23.2 Å². The number of ether oxygens (including phenoxy) is 3. The summed E-state index contributed by atoms with van der Waals surface area (Å²) in [6.45, 7) is 1.82. The third-order valence-corrected chi connectivity index (χ3v) is 14.3. The van der Waals surface area contributed by atoms with Crippen LogP contribution in [0.25, 0.3) is 0 Å². The van der Waals surface area contributed by atoms with Crippen LogP contribution in [0.15, 0.2) is 77.8 Å². The lowest BCUT2D eigenvalue weighted by Crippen LogP contribution is -2.36. The smallest absolute Gasteiger partial charge is 0.462 e. The van der Waals surface area contributed by atoms with E-state index in [0.717, 1.165) is 101 Å². The number of nitrogens with zero attached hydrogens (tertiary/aromatic N) is 2. The van der Waals surface area contributed by atoms with Gasteiger partial charge in [0.15, 0.2) is 12.3 Å². The van der Waals surface area contributed by atoms with Gasteiger partial charge in [-0.25, -0.2) is 13.9 Å². The zero-order chi connectivity index (χ0) is 53.6. The van der Waals surface area contributed by atoms with Crippen molar-refractivity contribution in [1.82, 2.24) is 9.55 Å². The molecule has 2 heterocycles. The summed E-state index contributed by atoms with van der Waals surface area (Å²) in [6.07, 6.45) is 36.7. The molecule has 1 aliphatic rings. The first-order chi connectivity index (χ1) is 35.1. The number of esters is 2. The molecule has 0 aliphatic carbocycles. The molecule has 0 bridgehead atoms. The fraction of sp³-hybridized carbons (Fsp3) is 0.692. The second kappa shape index (κ2) is 39.8. The number of aliphatic hydroxyl groups is 3. The van der Waals surface area contributed by atoms with Crippen LogP contribution < -0.4 is 11.4 Å². The van der Waals surface area contributed by atoms with Crippen LogP contribution in [0.3, 0.4) is 0 Å². The van der Waals surface area contributed by atoms with Crippen molar-refractivity contribution >= 4 is 33.4 Å². The van der Waals surface area contributed by atoms with Crippen molar-refractivity contribution in [3.8, 4) is 0 Å². The van der Waals surface area contributed by atoms with E-state index >= 15 is 0 Å². The third kappa shape index (κ3) is 32.5. The number of carbonyl (C=O) groups excluding carboxylic acids is 2. The van der Waals surface area contributed by atoms with E-state index < -0.39 is 83.7 Å². The van der Waals surface area contributed by atoms with E-state index in [1.165, 1.54) is 44.6 Å². The molecule has 416 valence electrons. The van der Waals surface area contributed by atoms with Crippen LogP contribution in [0.2, 0.25) is 0 Å². The SMILES string of the molecule is CCCCCCCC/C=C\CCCCCCCCCC(=O)O[C@H](COC(=O)CCC/C=C\C/C=C\C/C=C\C/C=C\CC[C@@H](O)CC)COP(=O)(O)OP(=O)(O)OC[C@H]1O[C@@H](n2ccc(N)nc2=O)[C@H](O)[C@@H]1O. The summed E-state index contributed by atoms with van der Waals surface area (Å²) in [4.78, 5) is 61.9. The number of allylic oxidation sites excluding steroid dienone is 10. The van der Waals surface area contributed by atoms with Gasteiger partial charge < -0.3 is 45.1 Å². The molecule has 1 aromatic heterocycles. The van der Waals surface area contributed by atoms with Gasteiger partial charge in [0.25, 0.3) is 0 Å². The Labute approximate surface area is 433 Å². The van der Waals surface area contributed by atoms with Crippen molar-refractivity contribution in [2.45, 2.75) is 211 Å². The molecule has 1 saturated heterocycles. The van der Waals surface area contributed by atoms with Crippen molar-refractivity contribution < 1.29 is 71.4 Å². The Morgan fingerprint density at radius 3 is 1.84 bits per heavy atom. The van der Waals surface area contributed by atoms with Crippen LogP contribution in [0.1, 0.15) is 181 Å². The molecule has 0 amide bonds. The number of phosphoric ester groups is 2. The number of unbranched alkanes of at least 4 members (excludes halogenated alkanes) is 14. The molecule has 1 aromatic rings. The summed E-state index contributed by atoms with van der Waals surface area (Å²) in [6, 6.07) is 1.24. The number of aromatic nitrogens is 2. The molecule has 2 unspecified atom stereocenters. The first-order valence-electron chi connectivity index (χ1n) is 26.4. The maximum absolute atomic E-state index is 12.9. The number of nitrogen functional groups attached to an aromatic ring is 1. The van der Waals surface area contributed by atoms with E-state index in [2.05, 4.69) is 58.8 Å². The molecule has 1 aliphatic heterocycles. The highest BCUT2D eigenvalue weighted by Crippen LogP contribution is 2.60. The Morgan fingerprint density at radius 2 is 1.23 bits per heavy atom. The lowest BCUT2D eigenvalue weighted by Gasteiger charge is -2.21. The lowest BCUT2D eigenvalue weighted by atomic mass is 10.1. The van der Waals surface area contributed by atoms with E-state index in [9.17, 15) is 48.6 Å². The molecular weight excluding hydrogens is 985 g/mol. The Bertz CT molecular complexity index is 1980. The fourth-order valence-corrected chi connectivity index (χ4v) is 9.57. The van der Waals surface area contributed by atoms with Crippen LogP contribution >= 0.6 is 15.6 Å². The van der Waals surface area contributed by atoms with Crippen LogP contribution in [0.4, 0.5) is 5.82 Å². The number of anilines is 1. The highest BCUT2D eigenvalue weighted by Gasteiger charge is 2.46. The highest BCUT2D eigenvalue weighted by molar-refractivity contribution is 7.61. The second-order valence-electron chi connectivity index (χ2n) is 18.2. The third-order valence-electron chi connectivity index (χ3n) is 11.7. The van der Waals surface area contributed by atoms with Gasteiger partial charge in [-0.2, -0.15) is 9.29 Å². The predicted octanol–water partition coefficient (Wildman–Crippen LogP) is 10.1. The summed E-state index contributed by atoms with van der Waals surface area (Å²) in [5.74, 6) is -1.39. The van der Waals surface area contributed by atoms with E-state index in [1.54, 1.807) is 0 Å². The highest BCUT2D eigenvalue weighted by atomic mass is 31.3. The predicted molar refractivity (Wildman–Crippen MR) is 281 cm³/mol. The van der Waals surface area contributed by atoms with E-state index in [-0.39, 0.29) is 24.8 Å². The standard InChI is InChI=1S/C52H87N3O16P2/c1-3-5-6-7-8-9-10-11-12-13-14-19-22-25-28-31-34-37-48(58)69-44(40-66-47(57)36-33-30-27-24-21-18-16-15-17-20-23-26-29-32-35-43(56)4-2)41-67-72(62,63)71-73(64,65)68-42-45-49(59)50(60)51(70-45)55-39-38-46(53)54-52(55)61/h11-12,16-18,20,24,26-27,29,38-39,43-45,49-51,56,59-60H,3-10,13-15,19,21-23,25,28,30-37,40-42H2,1-2H3,(H,62,63)(H,64,65)(H2,53,54,61)/b12-11-,18-16-,20-17-,27-24-,29-26-/t43-,44+,45+,49+,50+,51+/m0/s1. The monoisotopic (exact) mass is 1070 g/mol. The van der Waals surface area contributed by atoms with Gasteiger partial charge in [-0.05, 0) is 89.5 Å². The normalized spacial score (nSPS) is 19.9. The molecule has 73 heavy (non-hydrogen) atoms. The molecule has 2 rings (SSSR count). The zero-order valence-electron chi connectivity index (χ0n) is 43.3. The molecule has 21 heteroatoms. The van der Waals surface area contributed by atoms with Crippen molar-refractivity contribution in [3.05, 3.63) is 83.5 Å². The number of hydrogen-bond donors (Lipinski definition) is 6. The first-order valence-corrected chi connectivity index (χ1v) is 29.4.